The molecule has 22 heavy (non-hydrogen) atoms. The van der Waals surface area contributed by atoms with Crippen LogP contribution in [0.3, 0.4) is 0 Å². The number of aliphatic hydroxyl groups is 1. The maximum absolute atomic E-state index is 10.1. The van der Waals surface area contributed by atoms with Crippen molar-refractivity contribution in [2.45, 2.75) is 20.0 Å². The van der Waals surface area contributed by atoms with Gasteiger partial charge in [0.15, 0.2) is 11.5 Å². The van der Waals surface area contributed by atoms with Crippen molar-refractivity contribution in [3.8, 4) is 11.5 Å². The van der Waals surface area contributed by atoms with Gasteiger partial charge in [0.2, 0.25) is 0 Å². The van der Waals surface area contributed by atoms with Crippen LogP contribution in [0.4, 0.5) is 5.69 Å². The van der Waals surface area contributed by atoms with Crippen LogP contribution in [0.15, 0.2) is 42.5 Å². The van der Waals surface area contributed by atoms with E-state index < -0.39 is 6.10 Å². The van der Waals surface area contributed by atoms with Crippen molar-refractivity contribution in [1.29, 1.82) is 0 Å². The summed E-state index contributed by atoms with van der Waals surface area (Å²) in [6.07, 6.45) is -0.606. The fourth-order valence-electron chi connectivity index (χ4n) is 2.22. The molecular formula is C18H23NO3. The number of hydrogen-bond acceptors (Lipinski definition) is 4. The summed E-state index contributed by atoms with van der Waals surface area (Å²) in [6, 6.07) is 13.6. The summed E-state index contributed by atoms with van der Waals surface area (Å²) < 4.78 is 10.8. The number of ether oxygens (including phenoxy) is 2. The van der Waals surface area contributed by atoms with E-state index in [2.05, 4.69) is 18.3 Å². The van der Waals surface area contributed by atoms with Crippen molar-refractivity contribution in [1.82, 2.24) is 0 Å². The Morgan fingerprint density at radius 2 is 1.82 bits per heavy atom. The standard InChI is InChI=1S/C18H23NO3/c1-13-8-9-16(14(2)10-13)19-11-15(20)12-22-18-7-5-4-6-17(18)21-3/h4-10,15,19-20H,11-12H2,1-3H3. The van der Waals surface area contributed by atoms with Gasteiger partial charge < -0.3 is 19.9 Å². The van der Waals surface area contributed by atoms with Crippen LogP contribution in [0.5, 0.6) is 11.5 Å². The number of aryl methyl sites for hydroxylation is 2. The minimum absolute atomic E-state index is 0.207. The number of para-hydroxylation sites is 2. The summed E-state index contributed by atoms with van der Waals surface area (Å²) in [5.74, 6) is 1.30. The van der Waals surface area contributed by atoms with Crippen molar-refractivity contribution >= 4 is 5.69 Å². The van der Waals surface area contributed by atoms with Gasteiger partial charge in [-0.25, -0.2) is 0 Å². The molecular weight excluding hydrogens is 278 g/mol. The van der Waals surface area contributed by atoms with Crippen molar-refractivity contribution < 1.29 is 14.6 Å². The number of benzene rings is 2. The summed E-state index contributed by atoms with van der Waals surface area (Å²) in [6.45, 7) is 4.75. The Balaban J connectivity index is 1.84. The van der Waals surface area contributed by atoms with Crippen LogP contribution in [-0.4, -0.2) is 31.5 Å². The molecule has 4 heteroatoms. The maximum Gasteiger partial charge on any atom is 0.161 e. The van der Waals surface area contributed by atoms with E-state index in [1.165, 1.54) is 5.56 Å². The molecule has 4 nitrogen and oxygen atoms in total. The summed E-state index contributed by atoms with van der Waals surface area (Å²) in [5, 5.41) is 13.3. The lowest BCUT2D eigenvalue weighted by Gasteiger charge is -2.16. The maximum atomic E-state index is 10.1. The average Bonchev–Trinajstić information content (AvgIpc) is 2.52. The van der Waals surface area contributed by atoms with Gasteiger partial charge in [-0.2, -0.15) is 0 Å². The molecule has 1 unspecified atom stereocenters. The third-order valence-corrected chi connectivity index (χ3v) is 3.41. The first-order valence-corrected chi connectivity index (χ1v) is 7.35. The second-order valence-corrected chi connectivity index (χ2v) is 5.31. The molecule has 0 bridgehead atoms. The van der Waals surface area contributed by atoms with Crippen LogP contribution in [0, 0.1) is 13.8 Å². The largest absolute Gasteiger partial charge is 0.493 e. The fraction of sp³-hybridized carbons (Fsp3) is 0.333. The molecule has 0 fully saturated rings. The van der Waals surface area contributed by atoms with E-state index in [0.717, 1.165) is 11.3 Å². The number of methoxy groups -OCH3 is 1. The first kappa shape index (κ1) is 16.2. The Morgan fingerprint density at radius 1 is 1.09 bits per heavy atom. The van der Waals surface area contributed by atoms with Gasteiger partial charge in [-0.15, -0.1) is 0 Å². The molecule has 0 radical (unpaired) electrons. The topological polar surface area (TPSA) is 50.7 Å². The van der Waals surface area contributed by atoms with Crippen molar-refractivity contribution in [3.05, 3.63) is 53.6 Å². The van der Waals surface area contributed by atoms with Gasteiger partial charge in [-0.1, -0.05) is 29.8 Å². The van der Waals surface area contributed by atoms with Gasteiger partial charge in [0.05, 0.1) is 7.11 Å². The predicted octanol–water partition coefficient (Wildman–Crippen LogP) is 3.16. The number of rotatable bonds is 7. The number of nitrogens with one attached hydrogen (secondary N) is 1. The predicted molar refractivity (Wildman–Crippen MR) is 88.9 cm³/mol. The highest BCUT2D eigenvalue weighted by Gasteiger charge is 2.09. The summed E-state index contributed by atoms with van der Waals surface area (Å²) in [7, 11) is 1.60. The van der Waals surface area contributed by atoms with Crippen LogP contribution in [0.1, 0.15) is 11.1 Å². The molecule has 0 aliphatic heterocycles. The first-order chi connectivity index (χ1) is 10.6. The van der Waals surface area contributed by atoms with Gasteiger partial charge in [0, 0.05) is 12.2 Å². The van der Waals surface area contributed by atoms with E-state index in [-0.39, 0.29) is 6.61 Å². The molecule has 2 N–H and O–H groups in total. The highest BCUT2D eigenvalue weighted by atomic mass is 16.5. The van der Waals surface area contributed by atoms with E-state index in [9.17, 15) is 5.11 Å². The number of aliphatic hydroxyl groups excluding tert-OH is 1. The van der Waals surface area contributed by atoms with Crippen molar-refractivity contribution in [2.24, 2.45) is 0 Å². The molecule has 118 valence electrons. The van der Waals surface area contributed by atoms with E-state index >= 15 is 0 Å². The SMILES string of the molecule is COc1ccccc1OCC(O)CNc1ccc(C)cc1C. The molecule has 0 aliphatic rings. The van der Waals surface area contributed by atoms with Crippen LogP contribution < -0.4 is 14.8 Å². The van der Waals surface area contributed by atoms with Crippen molar-refractivity contribution in [3.63, 3.8) is 0 Å². The van der Waals surface area contributed by atoms with Crippen molar-refractivity contribution in [2.75, 3.05) is 25.6 Å². The van der Waals surface area contributed by atoms with E-state index in [1.807, 2.05) is 43.3 Å². The Labute approximate surface area is 131 Å². The Morgan fingerprint density at radius 3 is 2.50 bits per heavy atom. The molecule has 2 aromatic rings. The zero-order valence-electron chi connectivity index (χ0n) is 13.3. The smallest absolute Gasteiger partial charge is 0.161 e. The minimum atomic E-state index is -0.606. The molecule has 2 aromatic carbocycles. The van der Waals surface area contributed by atoms with Crippen LogP contribution in [0.2, 0.25) is 0 Å². The summed E-state index contributed by atoms with van der Waals surface area (Å²) in [5.41, 5.74) is 3.42. The number of anilines is 1. The van der Waals surface area contributed by atoms with Crippen LogP contribution >= 0.6 is 0 Å². The molecule has 0 aromatic heterocycles. The molecule has 1 atom stereocenters. The van der Waals surface area contributed by atoms with Crippen LogP contribution in [0.25, 0.3) is 0 Å². The highest BCUT2D eigenvalue weighted by Crippen LogP contribution is 2.25. The third-order valence-electron chi connectivity index (χ3n) is 3.41. The van der Waals surface area contributed by atoms with Gasteiger partial charge >= 0.3 is 0 Å². The Hall–Kier alpha value is -2.20. The monoisotopic (exact) mass is 301 g/mol. The molecule has 2 rings (SSSR count). The first-order valence-electron chi connectivity index (χ1n) is 7.35. The Kier molecular flexibility index (Phi) is 5.67. The highest BCUT2D eigenvalue weighted by molar-refractivity contribution is 5.52. The van der Waals surface area contributed by atoms with Gasteiger partial charge in [-0.3, -0.25) is 0 Å². The molecule has 0 saturated heterocycles. The lowest BCUT2D eigenvalue weighted by Crippen LogP contribution is -2.26. The lowest BCUT2D eigenvalue weighted by molar-refractivity contribution is 0.115. The average molecular weight is 301 g/mol. The van der Waals surface area contributed by atoms with Gasteiger partial charge in [0.25, 0.3) is 0 Å². The fourth-order valence-corrected chi connectivity index (χ4v) is 2.22. The van der Waals surface area contributed by atoms with Gasteiger partial charge in [-0.05, 0) is 37.6 Å². The zero-order chi connectivity index (χ0) is 15.9. The minimum Gasteiger partial charge on any atom is -0.493 e. The van der Waals surface area contributed by atoms with E-state index in [0.29, 0.717) is 18.0 Å². The molecule has 0 spiro atoms. The quantitative estimate of drug-likeness (QED) is 0.825. The van der Waals surface area contributed by atoms with Gasteiger partial charge in [0.1, 0.15) is 12.7 Å². The second kappa shape index (κ2) is 7.71. The molecule has 0 heterocycles. The van der Waals surface area contributed by atoms with E-state index in [1.54, 1.807) is 7.11 Å². The Bertz CT molecular complexity index is 613. The normalized spacial score (nSPS) is 11.8. The zero-order valence-corrected chi connectivity index (χ0v) is 13.3. The molecule has 0 aliphatic carbocycles. The second-order valence-electron chi connectivity index (χ2n) is 5.31. The molecule has 0 saturated carbocycles. The van der Waals surface area contributed by atoms with E-state index in [4.69, 9.17) is 9.47 Å². The summed E-state index contributed by atoms with van der Waals surface area (Å²) in [4.78, 5) is 0. The lowest BCUT2D eigenvalue weighted by atomic mass is 10.1. The molecule has 0 amide bonds. The summed E-state index contributed by atoms with van der Waals surface area (Å²) >= 11 is 0. The van der Waals surface area contributed by atoms with Crippen LogP contribution in [-0.2, 0) is 0 Å². The number of hydrogen-bond donors (Lipinski definition) is 2. The third kappa shape index (κ3) is 4.40.